The van der Waals surface area contributed by atoms with Crippen LogP contribution >= 0.6 is 0 Å². The first kappa shape index (κ1) is 15.9. The second-order valence-corrected chi connectivity index (χ2v) is 5.36. The Morgan fingerprint density at radius 2 is 1.79 bits per heavy atom. The highest BCUT2D eigenvalue weighted by atomic mass is 16.5. The predicted octanol–water partition coefficient (Wildman–Crippen LogP) is 3.34. The van der Waals surface area contributed by atoms with Crippen LogP contribution in [0.4, 0.5) is 5.69 Å². The van der Waals surface area contributed by atoms with E-state index >= 15 is 0 Å². The highest BCUT2D eigenvalue weighted by molar-refractivity contribution is 5.84. The molecule has 0 radical (unpaired) electrons. The number of ether oxygens (including phenoxy) is 3. The lowest BCUT2D eigenvalue weighted by Crippen LogP contribution is -2.25. The lowest BCUT2D eigenvalue weighted by molar-refractivity contribution is -0.139. The predicted molar refractivity (Wildman–Crippen MR) is 91.4 cm³/mol. The van der Waals surface area contributed by atoms with E-state index in [1.807, 2.05) is 48.5 Å². The molecule has 0 fully saturated rings. The van der Waals surface area contributed by atoms with Gasteiger partial charge in [0, 0.05) is 6.08 Å². The Balaban J connectivity index is 1.92. The summed E-state index contributed by atoms with van der Waals surface area (Å²) in [6.07, 6.45) is 2.82. The molecule has 1 aliphatic rings. The Morgan fingerprint density at radius 1 is 1.04 bits per heavy atom. The van der Waals surface area contributed by atoms with Gasteiger partial charge in [-0.15, -0.1) is 0 Å². The number of para-hydroxylation sites is 2. The Labute approximate surface area is 140 Å². The fourth-order valence-electron chi connectivity index (χ4n) is 2.66. The van der Waals surface area contributed by atoms with Gasteiger partial charge in [-0.05, 0) is 35.9 Å². The molecular formula is C19H19NO4. The van der Waals surface area contributed by atoms with Gasteiger partial charge in [-0.25, -0.2) is 4.79 Å². The second kappa shape index (κ2) is 7.08. The minimum Gasteiger partial charge on any atom is -0.497 e. The monoisotopic (exact) mass is 325 g/mol. The van der Waals surface area contributed by atoms with Crippen molar-refractivity contribution >= 4 is 11.7 Å². The molecule has 3 rings (SSSR count). The van der Waals surface area contributed by atoms with Gasteiger partial charge in [0.2, 0.25) is 0 Å². The average molecular weight is 325 g/mol. The number of anilines is 1. The summed E-state index contributed by atoms with van der Waals surface area (Å²) in [6.45, 7) is 0. The number of rotatable bonds is 6. The van der Waals surface area contributed by atoms with Crippen LogP contribution in [0.15, 0.2) is 60.7 Å². The van der Waals surface area contributed by atoms with E-state index in [1.54, 1.807) is 20.3 Å². The molecule has 24 heavy (non-hydrogen) atoms. The van der Waals surface area contributed by atoms with Crippen molar-refractivity contribution in [2.24, 2.45) is 0 Å². The zero-order valence-corrected chi connectivity index (χ0v) is 13.6. The third-order valence-electron chi connectivity index (χ3n) is 3.90. The van der Waals surface area contributed by atoms with Crippen LogP contribution in [0.25, 0.3) is 0 Å². The molecule has 1 heterocycles. The Morgan fingerprint density at radius 3 is 2.42 bits per heavy atom. The van der Waals surface area contributed by atoms with Crippen molar-refractivity contribution in [3.05, 3.63) is 66.2 Å². The van der Waals surface area contributed by atoms with Crippen molar-refractivity contribution in [1.29, 1.82) is 0 Å². The first-order valence-corrected chi connectivity index (χ1v) is 7.63. The molecule has 1 N–H and O–H groups in total. The van der Waals surface area contributed by atoms with Gasteiger partial charge < -0.3 is 19.5 Å². The second-order valence-electron chi connectivity index (χ2n) is 5.36. The number of hydrogen-bond acceptors (Lipinski definition) is 5. The van der Waals surface area contributed by atoms with Crippen LogP contribution < -0.4 is 14.8 Å². The summed E-state index contributed by atoms with van der Waals surface area (Å²) >= 11 is 0. The number of carbonyl (C=O) groups excluding carboxylic acids is 1. The molecule has 5 nitrogen and oxygen atoms in total. The van der Waals surface area contributed by atoms with Gasteiger partial charge >= 0.3 is 5.97 Å². The highest BCUT2D eigenvalue weighted by Crippen LogP contribution is 2.32. The number of hydrogen-bond donors (Lipinski definition) is 1. The highest BCUT2D eigenvalue weighted by Gasteiger charge is 2.28. The maximum Gasteiger partial charge on any atom is 0.331 e. The number of methoxy groups -OCH3 is 2. The van der Waals surface area contributed by atoms with Gasteiger partial charge in [0.05, 0.1) is 25.9 Å². The quantitative estimate of drug-likeness (QED) is 0.826. The fraction of sp³-hybridized carbons (Fsp3) is 0.211. The minimum absolute atomic E-state index is 0.241. The van der Waals surface area contributed by atoms with E-state index in [-0.39, 0.29) is 12.0 Å². The van der Waals surface area contributed by atoms with E-state index in [9.17, 15) is 4.79 Å². The maximum absolute atomic E-state index is 11.5. The van der Waals surface area contributed by atoms with E-state index < -0.39 is 6.10 Å². The molecule has 1 aliphatic heterocycles. The molecule has 0 saturated carbocycles. The molecule has 0 unspecified atom stereocenters. The first-order chi connectivity index (χ1) is 11.7. The summed E-state index contributed by atoms with van der Waals surface area (Å²) in [5, 5.41) is 3.42. The van der Waals surface area contributed by atoms with Crippen molar-refractivity contribution in [2.45, 2.75) is 12.1 Å². The van der Waals surface area contributed by atoms with Gasteiger partial charge in [0.1, 0.15) is 17.6 Å². The van der Waals surface area contributed by atoms with E-state index in [2.05, 4.69) is 5.32 Å². The van der Waals surface area contributed by atoms with Crippen LogP contribution in [0.5, 0.6) is 11.5 Å². The largest absolute Gasteiger partial charge is 0.497 e. The third kappa shape index (κ3) is 3.35. The van der Waals surface area contributed by atoms with Crippen LogP contribution in [-0.4, -0.2) is 26.3 Å². The first-order valence-electron chi connectivity index (χ1n) is 7.63. The molecule has 0 amide bonds. The summed E-state index contributed by atoms with van der Waals surface area (Å²) in [5.41, 5.74) is 1.81. The molecule has 5 heteroatoms. The summed E-state index contributed by atoms with van der Waals surface area (Å²) < 4.78 is 16.0. The molecule has 0 saturated heterocycles. The third-order valence-corrected chi connectivity index (χ3v) is 3.90. The zero-order valence-electron chi connectivity index (χ0n) is 13.6. The molecule has 124 valence electrons. The number of carbonyl (C=O) groups is 1. The molecule has 2 aromatic rings. The van der Waals surface area contributed by atoms with Gasteiger partial charge in [-0.2, -0.15) is 0 Å². The van der Waals surface area contributed by atoms with E-state index in [0.29, 0.717) is 0 Å². The summed E-state index contributed by atoms with van der Waals surface area (Å²) in [5.74, 6) is 1.17. The lowest BCUT2D eigenvalue weighted by Gasteiger charge is -2.25. The molecular weight excluding hydrogens is 306 g/mol. The van der Waals surface area contributed by atoms with Crippen LogP contribution in [0.1, 0.15) is 11.6 Å². The molecule has 0 aliphatic carbocycles. The molecule has 2 aromatic carbocycles. The van der Waals surface area contributed by atoms with Crippen molar-refractivity contribution in [1.82, 2.24) is 0 Å². The number of cyclic esters (lactones) is 1. The van der Waals surface area contributed by atoms with Gasteiger partial charge in [-0.3, -0.25) is 0 Å². The number of nitrogens with one attached hydrogen (secondary N) is 1. The Kier molecular flexibility index (Phi) is 4.70. The van der Waals surface area contributed by atoms with Crippen LogP contribution in [0.3, 0.4) is 0 Å². The van der Waals surface area contributed by atoms with Crippen molar-refractivity contribution in [3.8, 4) is 11.5 Å². The van der Waals surface area contributed by atoms with Crippen molar-refractivity contribution in [3.63, 3.8) is 0 Å². The summed E-state index contributed by atoms with van der Waals surface area (Å²) in [6, 6.07) is 15.1. The smallest absolute Gasteiger partial charge is 0.331 e. The number of benzene rings is 2. The number of esters is 1. The zero-order chi connectivity index (χ0) is 16.9. The Bertz CT molecular complexity index is 739. The lowest BCUT2D eigenvalue weighted by atomic mass is 10.0. The van der Waals surface area contributed by atoms with Crippen LogP contribution in [0.2, 0.25) is 0 Å². The van der Waals surface area contributed by atoms with Gasteiger partial charge in [0.25, 0.3) is 0 Å². The summed E-state index contributed by atoms with van der Waals surface area (Å²) in [7, 11) is 3.25. The maximum atomic E-state index is 11.5. The SMILES string of the molecule is COc1ccc([C@H](Nc2ccccc2OC)[C@H]2C=CC(=O)O2)cc1. The summed E-state index contributed by atoms with van der Waals surface area (Å²) in [4.78, 5) is 11.5. The van der Waals surface area contributed by atoms with E-state index in [4.69, 9.17) is 14.2 Å². The molecule has 0 bridgehead atoms. The molecule has 2 atom stereocenters. The standard InChI is InChI=1S/C19H19NO4/c1-22-14-9-7-13(8-10-14)19(17-11-12-18(21)24-17)20-15-5-3-4-6-16(15)23-2/h3-12,17,19-20H,1-2H3/t17-,19+/m1/s1. The Hall–Kier alpha value is -2.95. The topological polar surface area (TPSA) is 56.8 Å². The average Bonchev–Trinajstić information content (AvgIpc) is 3.06. The van der Waals surface area contributed by atoms with Gasteiger partial charge in [-0.1, -0.05) is 24.3 Å². The molecule has 0 aromatic heterocycles. The minimum atomic E-state index is -0.393. The van der Waals surface area contributed by atoms with Crippen molar-refractivity contribution in [2.75, 3.05) is 19.5 Å². The van der Waals surface area contributed by atoms with Crippen molar-refractivity contribution < 1.29 is 19.0 Å². The fourth-order valence-corrected chi connectivity index (χ4v) is 2.66. The van der Waals surface area contributed by atoms with E-state index in [1.165, 1.54) is 6.08 Å². The normalized spacial score (nSPS) is 17.2. The van der Waals surface area contributed by atoms with E-state index in [0.717, 1.165) is 22.7 Å². The molecule has 0 spiro atoms. The van der Waals surface area contributed by atoms with Gasteiger partial charge in [0.15, 0.2) is 0 Å². The van der Waals surface area contributed by atoms with Crippen LogP contribution in [0, 0.1) is 0 Å². The van der Waals surface area contributed by atoms with Crippen LogP contribution in [-0.2, 0) is 9.53 Å².